The predicted molar refractivity (Wildman–Crippen MR) is 349 cm³/mol. The molecule has 0 aliphatic carbocycles. The first-order valence-electron chi connectivity index (χ1n) is 30.4. The zero-order valence-corrected chi connectivity index (χ0v) is 55.8. The number of imidazole rings is 1. The average Bonchev–Trinajstić information content (AvgIpc) is 1.51. The third kappa shape index (κ3) is 26.4. The molecule has 34 nitrogen and oxygen atoms in total. The quantitative estimate of drug-likeness (QED) is 0.0435. The van der Waals surface area contributed by atoms with E-state index >= 15 is 0 Å². The molecule has 0 saturated carbocycles. The number of carboxylic acids is 1. The van der Waals surface area contributed by atoms with Crippen molar-refractivity contribution in [3.05, 3.63) is 48.0 Å². The number of hydrogen-bond donors (Lipinski definition) is 18. The van der Waals surface area contributed by atoms with Gasteiger partial charge in [-0.15, -0.1) is 0 Å². The van der Waals surface area contributed by atoms with Crippen molar-refractivity contribution in [2.75, 3.05) is 42.6 Å². The molecular weight excluding hydrogens is 1320 g/mol. The average molecular weight is 1410 g/mol. The van der Waals surface area contributed by atoms with Crippen LogP contribution in [0.5, 0.6) is 5.75 Å². The maximum Gasteiger partial charge on any atom is 0.305 e. The largest absolute Gasteiger partial charge is 0.508 e. The van der Waals surface area contributed by atoms with Crippen LogP contribution in [0.4, 0.5) is 0 Å². The number of primary amides is 1. The van der Waals surface area contributed by atoms with Gasteiger partial charge in [-0.3, -0.25) is 71.9 Å². The molecule has 2 bridgehead atoms. The lowest BCUT2D eigenvalue weighted by Gasteiger charge is -2.29. The number of phenolic OH excluding ortho intramolecular Hbond substituents is 1. The minimum atomic E-state index is -1.92. The number of phenols is 1. The number of aromatic nitrogens is 2. The Balaban J connectivity index is 1.60. The van der Waals surface area contributed by atoms with Gasteiger partial charge in [0.05, 0.1) is 25.8 Å². The predicted octanol–water partition coefficient (Wildman–Crippen LogP) is -5.16. The first-order valence-corrected chi connectivity index (χ1v) is 35.4. The van der Waals surface area contributed by atoms with Crippen molar-refractivity contribution >= 4 is 132 Å². The van der Waals surface area contributed by atoms with E-state index in [0.29, 0.717) is 18.4 Å². The topological polar surface area (TPSA) is 534 Å². The molecule has 1 aromatic heterocycles. The number of aliphatic carboxylic acids is 1. The van der Waals surface area contributed by atoms with E-state index in [1.165, 1.54) is 36.8 Å². The summed E-state index contributed by atoms with van der Waals surface area (Å²) in [5.74, 6) is -17.2. The summed E-state index contributed by atoms with van der Waals surface area (Å²) < 4.78 is 0. The van der Waals surface area contributed by atoms with Gasteiger partial charge in [0.2, 0.25) is 82.7 Å². The molecule has 3 aliphatic heterocycles. The van der Waals surface area contributed by atoms with Crippen LogP contribution in [0.25, 0.3) is 0 Å². The number of benzene rings is 1. The zero-order valence-electron chi connectivity index (χ0n) is 52.5. The zero-order chi connectivity index (χ0) is 69.9. The molecular formula is C57H83N17O17S4. The number of carboxylic acid groups (broad SMARTS) is 1. The van der Waals surface area contributed by atoms with Crippen LogP contribution in [0.2, 0.25) is 0 Å². The number of amides is 14. The lowest BCUT2D eigenvalue weighted by Crippen LogP contribution is -2.61. The first kappa shape index (κ1) is 77.3. The molecule has 1 aromatic carbocycles. The summed E-state index contributed by atoms with van der Waals surface area (Å²) in [5.41, 5.74) is 12.2. The van der Waals surface area contributed by atoms with Crippen molar-refractivity contribution in [3.8, 4) is 5.75 Å². The second kappa shape index (κ2) is 38.9. The lowest BCUT2D eigenvalue weighted by atomic mass is 10.0. The number of nitrogens with two attached hydrogens (primary N) is 2. The summed E-state index contributed by atoms with van der Waals surface area (Å²) in [7, 11) is 3.42. The summed E-state index contributed by atoms with van der Waals surface area (Å²) in [6, 6.07) is -10.9. The van der Waals surface area contributed by atoms with Crippen LogP contribution in [-0.4, -0.2) is 218 Å². The van der Waals surface area contributed by atoms with E-state index in [2.05, 4.69) is 79.1 Å². The molecule has 14 amide bonds. The summed E-state index contributed by atoms with van der Waals surface area (Å²) in [5, 5.41) is 52.9. The number of aromatic amines is 1. The molecule has 3 aliphatic rings. The monoisotopic (exact) mass is 1410 g/mol. The molecule has 2 aromatic rings. The molecule has 0 unspecified atom stereocenters. The van der Waals surface area contributed by atoms with Gasteiger partial charge < -0.3 is 95.8 Å². The lowest BCUT2D eigenvalue weighted by molar-refractivity contribution is -0.141. The SMILES string of the molecule is CC(C)C[C@@H]1NC(=O)[C@H](CCCCN)NC(=O)[C@H](Cc2ccc(O)cc2)NC(=O)CNC(=O)[C@@H]2CSSC[C@H](NC1=O)C(=O)N[C@@H](Cc1cnc[nH]1)C(=O)N[C@@H](CC(=O)O)C(=O)N[C@H](C(N)=O)CSSC[C@H](NC(=O)[C@@H](NC(=O)CNC(=O)[C@@H]1CCC(=O)N1)C(C)C)C(=O)N2. The Morgan fingerprint density at radius 3 is 1.84 bits per heavy atom. The van der Waals surface area contributed by atoms with Crippen LogP contribution in [0.1, 0.15) is 83.9 Å². The van der Waals surface area contributed by atoms with Gasteiger partial charge >= 0.3 is 5.97 Å². The van der Waals surface area contributed by atoms with Gasteiger partial charge in [0, 0.05) is 54.2 Å². The third-order valence-electron chi connectivity index (χ3n) is 14.7. The van der Waals surface area contributed by atoms with Crippen molar-refractivity contribution in [2.24, 2.45) is 23.3 Å². The van der Waals surface area contributed by atoms with Gasteiger partial charge in [-0.1, -0.05) is 83.0 Å². The van der Waals surface area contributed by atoms with Crippen molar-refractivity contribution in [1.82, 2.24) is 79.1 Å². The van der Waals surface area contributed by atoms with E-state index < -0.39 is 192 Å². The molecule has 4 heterocycles. The van der Waals surface area contributed by atoms with E-state index in [-0.39, 0.29) is 74.1 Å². The molecule has 5 rings (SSSR count). The van der Waals surface area contributed by atoms with E-state index in [1.807, 2.05) is 0 Å². The standard InChI is InChI=1S/C57H83N17O17S4/c1-27(2)15-34-51(85)72-40-24-95-93-23-39(49(83)62-20-43(77)65-35(16-29-8-10-31(75)11-9-29)52(86)66-32(50(84)67-34)7-5-6-14-58)71-56(90)41(73-57(91)46(28(3)4)74-44(78)21-61-48(82)33-12-13-42(76)64-33)25-94-92-22-38(47(59)81)70-54(88)37(18-45(79)80)69-53(87)36(68-55(40)89)17-30-19-60-26-63-30/h8-11,19,26-28,32-41,46,75H,5-7,12-18,20-25,58H2,1-4H3,(H2,59,81)(H,60,63)(H,61,82)(H,62,83)(H,64,76)(H,65,77)(H,66,86)(H,67,84)(H,68,89)(H,69,87)(H,70,88)(H,71,90)(H,72,85)(H,73,91)(H,74,78)(H,79,80)/t32-,33-,34-,35-,36-,37-,38-,39-,40-,41-,46-/m0/s1. The minimum Gasteiger partial charge on any atom is -0.508 e. The number of carbonyl (C=O) groups excluding carboxylic acids is 14. The fourth-order valence-electron chi connectivity index (χ4n) is 9.52. The Bertz CT molecular complexity index is 3080. The van der Waals surface area contributed by atoms with Gasteiger partial charge in [0.15, 0.2) is 0 Å². The number of carbonyl (C=O) groups is 15. The number of unbranched alkanes of at least 4 members (excludes halogenated alkanes) is 1. The second-order valence-corrected chi connectivity index (χ2v) is 28.3. The molecule has 20 N–H and O–H groups in total. The summed E-state index contributed by atoms with van der Waals surface area (Å²) in [4.78, 5) is 214. The van der Waals surface area contributed by atoms with Gasteiger partial charge in [0.25, 0.3) is 0 Å². The fraction of sp³-hybridized carbons (Fsp3) is 0.579. The summed E-state index contributed by atoms with van der Waals surface area (Å²) >= 11 is 0. The smallest absolute Gasteiger partial charge is 0.305 e. The highest BCUT2D eigenvalue weighted by Crippen LogP contribution is 2.26. The molecule has 38 heteroatoms. The normalized spacial score (nSPS) is 24.9. The number of nitrogens with one attached hydrogen (secondary N) is 14. The number of aromatic hydroxyl groups is 1. The van der Waals surface area contributed by atoms with Gasteiger partial charge in [0.1, 0.15) is 72.2 Å². The van der Waals surface area contributed by atoms with Gasteiger partial charge in [-0.25, -0.2) is 4.98 Å². The molecule has 0 spiro atoms. The van der Waals surface area contributed by atoms with E-state index in [1.54, 1.807) is 27.7 Å². The van der Waals surface area contributed by atoms with Crippen LogP contribution in [-0.2, 0) is 84.8 Å². The van der Waals surface area contributed by atoms with Crippen LogP contribution in [0.15, 0.2) is 36.8 Å². The highest BCUT2D eigenvalue weighted by molar-refractivity contribution is 8.77. The Morgan fingerprint density at radius 1 is 0.642 bits per heavy atom. The molecule has 0 radical (unpaired) electrons. The highest BCUT2D eigenvalue weighted by atomic mass is 33.1. The Labute approximate surface area is 562 Å². The molecule has 11 atom stereocenters. The van der Waals surface area contributed by atoms with Crippen molar-refractivity contribution < 1.29 is 82.1 Å². The molecule has 3 fully saturated rings. The minimum absolute atomic E-state index is 0.0187. The molecule has 3 saturated heterocycles. The van der Waals surface area contributed by atoms with Crippen molar-refractivity contribution in [2.45, 2.75) is 152 Å². The summed E-state index contributed by atoms with van der Waals surface area (Å²) in [6.45, 7) is 5.39. The van der Waals surface area contributed by atoms with Crippen LogP contribution in [0, 0.1) is 11.8 Å². The number of fused-ring (bicyclic) bond motifs is 5. The molecule has 522 valence electrons. The maximum absolute atomic E-state index is 14.8. The third-order valence-corrected chi connectivity index (χ3v) is 19.5. The Hall–Kier alpha value is -8.36. The van der Waals surface area contributed by atoms with E-state index in [4.69, 9.17) is 11.5 Å². The van der Waals surface area contributed by atoms with Crippen LogP contribution in [0.3, 0.4) is 0 Å². The number of nitrogens with zero attached hydrogens (tertiary/aromatic N) is 1. The van der Waals surface area contributed by atoms with Crippen molar-refractivity contribution in [1.29, 1.82) is 0 Å². The number of H-pyrrole nitrogens is 1. The van der Waals surface area contributed by atoms with Gasteiger partial charge in [-0.2, -0.15) is 0 Å². The van der Waals surface area contributed by atoms with Crippen LogP contribution < -0.4 is 80.6 Å². The van der Waals surface area contributed by atoms with Gasteiger partial charge in [-0.05, 0) is 68.2 Å². The highest BCUT2D eigenvalue weighted by Gasteiger charge is 2.38. The Kier molecular flexibility index (Phi) is 31.6. The maximum atomic E-state index is 14.8. The number of rotatable bonds is 20. The fourth-order valence-corrected chi connectivity index (χ4v) is 14.2. The molecule has 95 heavy (non-hydrogen) atoms. The Morgan fingerprint density at radius 2 is 1.23 bits per heavy atom. The van der Waals surface area contributed by atoms with E-state index in [9.17, 15) is 82.1 Å². The number of hydrogen-bond acceptors (Lipinski definition) is 22. The van der Waals surface area contributed by atoms with Crippen molar-refractivity contribution in [3.63, 3.8) is 0 Å². The summed E-state index contributed by atoms with van der Waals surface area (Å²) in [6.07, 6.45) is 1.86. The first-order chi connectivity index (χ1) is 45.1. The second-order valence-electron chi connectivity index (χ2n) is 23.2. The van der Waals surface area contributed by atoms with E-state index in [0.717, 1.165) is 43.2 Å². The van der Waals surface area contributed by atoms with Crippen LogP contribution >= 0.6 is 43.2 Å².